The molecule has 34 heavy (non-hydrogen) atoms. The molecular weight excluding hydrogens is 450 g/mol. The first-order valence-electron chi connectivity index (χ1n) is 12.4. The normalized spacial score (nSPS) is 30.1. The SMILES string of the molecule is C#CCN(C)C(=O)C[C@@H]1c2nc(NC(=O)CCCCC)sc2C[C@@H]2[C@](C)(CO)[C@H](O)CC[C@]21C. The quantitative estimate of drug-likeness (QED) is 0.364. The Morgan fingerprint density at radius 1 is 1.35 bits per heavy atom. The molecule has 0 radical (unpaired) electrons. The number of terminal acetylenes is 1. The molecule has 2 amide bonds. The van der Waals surface area contributed by atoms with Crippen molar-refractivity contribution in [3.05, 3.63) is 10.6 Å². The summed E-state index contributed by atoms with van der Waals surface area (Å²) in [6.45, 7) is 6.34. The van der Waals surface area contributed by atoms with Gasteiger partial charge in [-0.15, -0.1) is 17.8 Å². The predicted molar refractivity (Wildman–Crippen MR) is 134 cm³/mol. The van der Waals surface area contributed by atoms with Crippen LogP contribution < -0.4 is 5.32 Å². The summed E-state index contributed by atoms with van der Waals surface area (Å²) in [6.07, 6.45) is 10.4. The van der Waals surface area contributed by atoms with E-state index < -0.39 is 11.5 Å². The van der Waals surface area contributed by atoms with Crippen LogP contribution >= 0.6 is 11.3 Å². The van der Waals surface area contributed by atoms with E-state index in [1.54, 1.807) is 11.9 Å². The lowest BCUT2D eigenvalue weighted by Gasteiger charge is -2.58. The molecule has 1 saturated carbocycles. The highest BCUT2D eigenvalue weighted by atomic mass is 32.1. The number of rotatable bonds is 9. The highest BCUT2D eigenvalue weighted by Crippen LogP contribution is 2.62. The minimum absolute atomic E-state index is 0.0226. The Hall–Kier alpha value is -1.95. The largest absolute Gasteiger partial charge is 0.396 e. The van der Waals surface area contributed by atoms with Gasteiger partial charge in [-0.3, -0.25) is 9.59 Å². The molecule has 2 aliphatic carbocycles. The second kappa shape index (κ2) is 10.8. The fourth-order valence-corrected chi connectivity index (χ4v) is 7.06. The third kappa shape index (κ3) is 5.02. The number of aliphatic hydroxyl groups excluding tert-OH is 2. The van der Waals surface area contributed by atoms with E-state index in [0.717, 1.165) is 36.3 Å². The number of amides is 2. The molecule has 8 heteroatoms. The Labute approximate surface area is 207 Å². The second-order valence-electron chi connectivity index (χ2n) is 10.5. The lowest BCUT2D eigenvalue weighted by Crippen LogP contribution is -2.57. The van der Waals surface area contributed by atoms with Crippen LogP contribution in [0.25, 0.3) is 0 Å². The third-order valence-electron chi connectivity index (χ3n) is 8.28. The molecule has 1 aromatic heterocycles. The molecule has 0 aliphatic heterocycles. The topological polar surface area (TPSA) is 103 Å². The van der Waals surface area contributed by atoms with Crippen molar-refractivity contribution < 1.29 is 19.8 Å². The number of carbonyl (C=O) groups is 2. The molecule has 188 valence electrons. The Balaban J connectivity index is 1.97. The minimum Gasteiger partial charge on any atom is -0.396 e. The van der Waals surface area contributed by atoms with Gasteiger partial charge >= 0.3 is 0 Å². The van der Waals surface area contributed by atoms with Gasteiger partial charge < -0.3 is 20.4 Å². The van der Waals surface area contributed by atoms with Crippen LogP contribution in [0.15, 0.2) is 0 Å². The zero-order valence-corrected chi connectivity index (χ0v) is 21.7. The predicted octanol–water partition coefficient (Wildman–Crippen LogP) is 3.56. The zero-order valence-electron chi connectivity index (χ0n) is 20.9. The maximum absolute atomic E-state index is 13.1. The summed E-state index contributed by atoms with van der Waals surface area (Å²) in [4.78, 5) is 32.9. The number of aromatic nitrogens is 1. The number of thiazole rings is 1. The van der Waals surface area contributed by atoms with Gasteiger partial charge in [0, 0.05) is 36.1 Å². The summed E-state index contributed by atoms with van der Waals surface area (Å²) in [5.41, 5.74) is -0.136. The van der Waals surface area contributed by atoms with Crippen LogP contribution in [-0.4, -0.2) is 58.2 Å². The van der Waals surface area contributed by atoms with E-state index in [4.69, 9.17) is 11.4 Å². The van der Waals surface area contributed by atoms with Crippen molar-refractivity contribution in [2.24, 2.45) is 16.7 Å². The third-order valence-corrected chi connectivity index (χ3v) is 9.29. The number of hydrogen-bond donors (Lipinski definition) is 3. The fourth-order valence-electron chi connectivity index (χ4n) is 5.97. The molecule has 5 atom stereocenters. The number of fused-ring (bicyclic) bond motifs is 2. The first-order valence-corrected chi connectivity index (χ1v) is 13.2. The summed E-state index contributed by atoms with van der Waals surface area (Å²) >= 11 is 1.46. The minimum atomic E-state index is -0.676. The van der Waals surface area contributed by atoms with Gasteiger partial charge in [0.2, 0.25) is 11.8 Å². The highest BCUT2D eigenvalue weighted by molar-refractivity contribution is 7.15. The van der Waals surface area contributed by atoms with E-state index in [0.29, 0.717) is 24.4 Å². The number of carbonyl (C=O) groups excluding carboxylic acids is 2. The van der Waals surface area contributed by atoms with Gasteiger partial charge in [0.05, 0.1) is 24.9 Å². The van der Waals surface area contributed by atoms with E-state index in [1.165, 1.54) is 11.3 Å². The highest BCUT2D eigenvalue weighted by Gasteiger charge is 2.59. The van der Waals surface area contributed by atoms with Crippen LogP contribution in [0.1, 0.15) is 82.2 Å². The molecular formula is C26H39N3O4S. The van der Waals surface area contributed by atoms with Crippen LogP contribution in [0.4, 0.5) is 5.13 Å². The van der Waals surface area contributed by atoms with Gasteiger partial charge in [0.1, 0.15) is 0 Å². The molecule has 2 aliphatic rings. The van der Waals surface area contributed by atoms with E-state index in [9.17, 15) is 19.8 Å². The summed E-state index contributed by atoms with van der Waals surface area (Å²) in [5, 5.41) is 24.7. The van der Waals surface area contributed by atoms with Crippen molar-refractivity contribution in [3.63, 3.8) is 0 Å². The Kier molecular flexibility index (Phi) is 8.43. The monoisotopic (exact) mass is 489 g/mol. The molecule has 3 rings (SSSR count). The zero-order chi connectivity index (χ0) is 25.1. The standard InChI is InChI=1S/C26H39N3O4S/c1-6-8-9-10-21(32)27-24-28-23-17(14-22(33)29(5)13-7-2)25(3)12-11-20(31)26(4,16-30)19(25)15-18(23)34-24/h2,17,19-20,30-31H,6,8-16H2,1,3-5H3,(H,27,28,32)/t17-,19+,20-,25+,26+/m1/s1. The lowest BCUT2D eigenvalue weighted by molar-refractivity contribution is -0.146. The Bertz CT molecular complexity index is 941. The average Bonchev–Trinajstić information content (AvgIpc) is 3.20. The molecule has 0 unspecified atom stereocenters. The summed E-state index contributed by atoms with van der Waals surface area (Å²) in [6, 6.07) is 0. The van der Waals surface area contributed by atoms with Gasteiger partial charge in [0.15, 0.2) is 5.13 Å². The average molecular weight is 490 g/mol. The van der Waals surface area contributed by atoms with Gasteiger partial charge in [-0.1, -0.05) is 39.5 Å². The maximum atomic E-state index is 13.1. The van der Waals surface area contributed by atoms with Crippen LogP contribution in [0.3, 0.4) is 0 Å². The van der Waals surface area contributed by atoms with Crippen LogP contribution in [0.5, 0.6) is 0 Å². The molecule has 0 spiro atoms. The summed E-state index contributed by atoms with van der Waals surface area (Å²) in [5.74, 6) is 2.22. The number of nitrogens with one attached hydrogen (secondary N) is 1. The van der Waals surface area contributed by atoms with Crippen LogP contribution in [0.2, 0.25) is 0 Å². The van der Waals surface area contributed by atoms with Gasteiger partial charge in [-0.2, -0.15) is 0 Å². The Morgan fingerprint density at radius 3 is 2.74 bits per heavy atom. The van der Waals surface area contributed by atoms with Gasteiger partial charge in [-0.05, 0) is 37.0 Å². The maximum Gasteiger partial charge on any atom is 0.226 e. The molecule has 0 aromatic carbocycles. The van der Waals surface area contributed by atoms with E-state index in [2.05, 4.69) is 25.1 Å². The first-order chi connectivity index (χ1) is 16.1. The van der Waals surface area contributed by atoms with Crippen molar-refractivity contribution in [1.82, 2.24) is 9.88 Å². The van der Waals surface area contributed by atoms with E-state index >= 15 is 0 Å². The number of nitrogens with zero attached hydrogens (tertiary/aromatic N) is 2. The van der Waals surface area contributed by atoms with Crippen molar-refractivity contribution in [2.75, 3.05) is 25.5 Å². The lowest BCUT2D eigenvalue weighted by atomic mass is 9.47. The van der Waals surface area contributed by atoms with Crippen LogP contribution in [-0.2, 0) is 16.0 Å². The number of hydrogen-bond acceptors (Lipinski definition) is 6. The van der Waals surface area contributed by atoms with Crippen LogP contribution in [0, 0.1) is 29.1 Å². The van der Waals surface area contributed by atoms with E-state index in [-0.39, 0.29) is 48.6 Å². The molecule has 1 heterocycles. The van der Waals surface area contributed by atoms with Crippen molar-refractivity contribution in [3.8, 4) is 12.3 Å². The number of aliphatic hydroxyl groups is 2. The molecule has 1 fully saturated rings. The summed E-state index contributed by atoms with van der Waals surface area (Å²) in [7, 11) is 1.71. The second-order valence-corrected chi connectivity index (χ2v) is 11.6. The fraction of sp³-hybridized carbons (Fsp3) is 0.731. The summed E-state index contributed by atoms with van der Waals surface area (Å²) < 4.78 is 0. The molecule has 1 aromatic rings. The smallest absolute Gasteiger partial charge is 0.226 e. The first kappa shape index (κ1) is 26.7. The number of unbranched alkanes of at least 4 members (excludes halogenated alkanes) is 2. The Morgan fingerprint density at radius 2 is 2.09 bits per heavy atom. The molecule has 0 bridgehead atoms. The molecule has 7 nitrogen and oxygen atoms in total. The van der Waals surface area contributed by atoms with Gasteiger partial charge in [-0.25, -0.2) is 4.98 Å². The van der Waals surface area contributed by atoms with Gasteiger partial charge in [0.25, 0.3) is 0 Å². The van der Waals surface area contributed by atoms with Crippen molar-refractivity contribution in [1.29, 1.82) is 0 Å². The van der Waals surface area contributed by atoms with Crippen molar-refractivity contribution >= 4 is 28.3 Å². The van der Waals surface area contributed by atoms with E-state index in [1.807, 2.05) is 6.92 Å². The van der Waals surface area contributed by atoms with Crippen molar-refractivity contribution in [2.45, 2.75) is 84.2 Å². The molecule has 3 N–H and O–H groups in total. The number of anilines is 1. The molecule has 0 saturated heterocycles.